The number of methoxy groups -OCH3 is 1. The van der Waals surface area contributed by atoms with Crippen molar-refractivity contribution < 1.29 is 24.2 Å². The van der Waals surface area contributed by atoms with Gasteiger partial charge >= 0.3 is 5.97 Å². The number of benzene rings is 2. The highest BCUT2D eigenvalue weighted by molar-refractivity contribution is 6.31. The van der Waals surface area contributed by atoms with E-state index in [1.54, 1.807) is 18.2 Å². The van der Waals surface area contributed by atoms with Crippen molar-refractivity contribution in [3.05, 3.63) is 64.2 Å². The molecule has 4 rings (SSSR count). The van der Waals surface area contributed by atoms with E-state index >= 15 is 0 Å². The van der Waals surface area contributed by atoms with Gasteiger partial charge in [0.15, 0.2) is 0 Å². The van der Waals surface area contributed by atoms with Crippen LogP contribution >= 0.6 is 11.6 Å². The topological polar surface area (TPSA) is 76.1 Å². The molecule has 0 spiro atoms. The van der Waals surface area contributed by atoms with Crippen LogP contribution in [0.4, 0.5) is 0 Å². The first kappa shape index (κ1) is 24.6. The van der Waals surface area contributed by atoms with Crippen molar-refractivity contribution in [1.82, 2.24) is 4.90 Å². The van der Waals surface area contributed by atoms with Gasteiger partial charge in [0.2, 0.25) is 5.91 Å². The third-order valence-electron chi connectivity index (χ3n) is 7.10. The molecule has 6 nitrogen and oxygen atoms in total. The Labute approximate surface area is 205 Å². The zero-order valence-electron chi connectivity index (χ0n) is 19.8. The maximum atomic E-state index is 13.1. The van der Waals surface area contributed by atoms with Crippen molar-refractivity contribution in [1.29, 1.82) is 0 Å². The number of ether oxygens (including phenoxy) is 2. The molecule has 34 heavy (non-hydrogen) atoms. The Morgan fingerprint density at radius 3 is 2.50 bits per heavy atom. The highest BCUT2D eigenvalue weighted by atomic mass is 35.5. The molecule has 2 aromatic carbocycles. The number of esters is 1. The van der Waals surface area contributed by atoms with E-state index in [1.165, 1.54) is 7.11 Å². The molecule has 1 amide bonds. The van der Waals surface area contributed by atoms with Crippen LogP contribution in [0.25, 0.3) is 0 Å². The minimum Gasteiger partial charge on any atom is -0.489 e. The number of likely N-dealkylation sites (tertiary alicyclic amines) is 1. The molecule has 1 aliphatic carbocycles. The summed E-state index contributed by atoms with van der Waals surface area (Å²) in [5.74, 6) is 0.434. The molecule has 1 unspecified atom stereocenters. The standard InChI is InChI=1S/C27H32ClNO5/c1-27(32)12-9-22(10-13-27)29-14-11-21(25(29)30)15-20-7-8-23(16-24(20)28)34-17-18-3-5-19(6-4-18)26(31)33-2/h3-8,16,21-22,32H,9-15,17H2,1-2H3. The number of aliphatic hydroxyl groups is 1. The number of amides is 1. The Morgan fingerprint density at radius 2 is 1.85 bits per heavy atom. The van der Waals surface area contributed by atoms with E-state index in [4.69, 9.17) is 21.1 Å². The van der Waals surface area contributed by atoms with Crippen molar-refractivity contribution in [2.24, 2.45) is 5.92 Å². The van der Waals surface area contributed by atoms with Crippen molar-refractivity contribution in [2.75, 3.05) is 13.7 Å². The average molecular weight is 486 g/mol. The molecule has 0 bridgehead atoms. The number of halogens is 1. The van der Waals surface area contributed by atoms with Crippen LogP contribution in [0.2, 0.25) is 5.02 Å². The van der Waals surface area contributed by atoms with Crippen LogP contribution in [0.5, 0.6) is 5.75 Å². The first-order valence-corrected chi connectivity index (χ1v) is 12.2. The minimum absolute atomic E-state index is 0.0555. The second-order valence-electron chi connectivity index (χ2n) is 9.68. The Morgan fingerprint density at radius 1 is 1.15 bits per heavy atom. The fourth-order valence-electron chi connectivity index (χ4n) is 4.92. The lowest BCUT2D eigenvalue weighted by molar-refractivity contribution is -0.134. The van der Waals surface area contributed by atoms with E-state index in [1.807, 2.05) is 36.1 Å². The van der Waals surface area contributed by atoms with Crippen molar-refractivity contribution in [3.63, 3.8) is 0 Å². The van der Waals surface area contributed by atoms with E-state index in [0.717, 1.165) is 49.8 Å². The fraction of sp³-hybridized carbons (Fsp3) is 0.481. The van der Waals surface area contributed by atoms with E-state index in [0.29, 0.717) is 29.4 Å². The molecule has 2 aromatic rings. The predicted molar refractivity (Wildman–Crippen MR) is 130 cm³/mol. The lowest BCUT2D eigenvalue weighted by atomic mass is 9.83. The summed E-state index contributed by atoms with van der Waals surface area (Å²) < 4.78 is 10.6. The summed E-state index contributed by atoms with van der Waals surface area (Å²) >= 11 is 6.54. The molecule has 1 atom stereocenters. The van der Waals surface area contributed by atoms with Gasteiger partial charge in [-0.3, -0.25) is 4.79 Å². The molecule has 1 saturated heterocycles. The van der Waals surface area contributed by atoms with Gasteiger partial charge in [-0.1, -0.05) is 29.8 Å². The fourth-order valence-corrected chi connectivity index (χ4v) is 5.17. The number of hydrogen-bond acceptors (Lipinski definition) is 5. The Hall–Kier alpha value is -2.57. The second kappa shape index (κ2) is 10.4. The molecule has 0 aromatic heterocycles. The van der Waals surface area contributed by atoms with Gasteiger partial charge in [0.05, 0.1) is 18.3 Å². The van der Waals surface area contributed by atoms with Gasteiger partial charge in [-0.05, 0) is 80.8 Å². The van der Waals surface area contributed by atoms with E-state index in [2.05, 4.69) is 0 Å². The second-order valence-corrected chi connectivity index (χ2v) is 10.1. The van der Waals surface area contributed by atoms with Gasteiger partial charge in [0.25, 0.3) is 0 Å². The maximum Gasteiger partial charge on any atom is 0.337 e. The number of nitrogens with zero attached hydrogens (tertiary/aromatic N) is 1. The van der Waals surface area contributed by atoms with Crippen LogP contribution < -0.4 is 4.74 Å². The smallest absolute Gasteiger partial charge is 0.337 e. The predicted octanol–water partition coefficient (Wildman–Crippen LogP) is 4.79. The van der Waals surface area contributed by atoms with Crippen molar-refractivity contribution >= 4 is 23.5 Å². The van der Waals surface area contributed by atoms with Crippen LogP contribution in [-0.4, -0.2) is 47.2 Å². The molecule has 2 fully saturated rings. The summed E-state index contributed by atoms with van der Waals surface area (Å²) in [6.45, 7) is 3.01. The normalized spacial score (nSPS) is 24.8. The van der Waals surface area contributed by atoms with Crippen LogP contribution in [0.15, 0.2) is 42.5 Å². The van der Waals surface area contributed by atoms with E-state index in [9.17, 15) is 14.7 Å². The van der Waals surface area contributed by atoms with Crippen LogP contribution in [0.1, 0.15) is 60.5 Å². The van der Waals surface area contributed by atoms with Crippen LogP contribution in [0, 0.1) is 5.92 Å². The minimum atomic E-state index is -0.595. The molecular weight excluding hydrogens is 454 g/mol. The van der Waals surface area contributed by atoms with Crippen LogP contribution in [-0.2, 0) is 22.6 Å². The number of carbonyl (C=O) groups excluding carboxylic acids is 2. The van der Waals surface area contributed by atoms with Gasteiger partial charge in [0.1, 0.15) is 12.4 Å². The summed E-state index contributed by atoms with van der Waals surface area (Å²) in [6.07, 6.45) is 4.67. The third kappa shape index (κ3) is 5.73. The van der Waals surface area contributed by atoms with E-state index in [-0.39, 0.29) is 23.8 Å². The zero-order valence-corrected chi connectivity index (χ0v) is 20.5. The van der Waals surface area contributed by atoms with Gasteiger partial charge in [-0.15, -0.1) is 0 Å². The Balaban J connectivity index is 1.31. The quantitative estimate of drug-likeness (QED) is 0.570. The SMILES string of the molecule is COC(=O)c1ccc(COc2ccc(CC3CCN(C4CCC(C)(O)CC4)C3=O)c(Cl)c2)cc1. The molecule has 0 radical (unpaired) electrons. The summed E-state index contributed by atoms with van der Waals surface area (Å²) in [6, 6.07) is 12.9. The average Bonchev–Trinajstić information content (AvgIpc) is 3.19. The summed E-state index contributed by atoms with van der Waals surface area (Å²) in [5.41, 5.74) is 1.77. The lowest BCUT2D eigenvalue weighted by Gasteiger charge is -2.37. The van der Waals surface area contributed by atoms with Crippen molar-refractivity contribution in [3.8, 4) is 5.75 Å². The molecule has 1 N–H and O–H groups in total. The van der Waals surface area contributed by atoms with Gasteiger partial charge in [0, 0.05) is 23.5 Å². The monoisotopic (exact) mass is 485 g/mol. The highest BCUT2D eigenvalue weighted by Gasteiger charge is 2.39. The van der Waals surface area contributed by atoms with E-state index < -0.39 is 5.60 Å². The maximum absolute atomic E-state index is 13.1. The zero-order chi connectivity index (χ0) is 24.3. The molecule has 1 aliphatic heterocycles. The van der Waals surface area contributed by atoms with Gasteiger partial charge < -0.3 is 19.5 Å². The van der Waals surface area contributed by atoms with Gasteiger partial charge in [-0.25, -0.2) is 4.79 Å². The van der Waals surface area contributed by atoms with Crippen LogP contribution in [0.3, 0.4) is 0 Å². The number of carbonyl (C=O) groups is 2. The highest BCUT2D eigenvalue weighted by Crippen LogP contribution is 2.35. The number of rotatable bonds is 7. The Kier molecular flexibility index (Phi) is 7.48. The largest absolute Gasteiger partial charge is 0.489 e. The summed E-state index contributed by atoms with van der Waals surface area (Å²) in [4.78, 5) is 26.6. The molecule has 1 saturated carbocycles. The molecule has 7 heteroatoms. The Bertz CT molecular complexity index is 1030. The molecule has 1 heterocycles. The molecule has 2 aliphatic rings. The number of hydrogen-bond donors (Lipinski definition) is 1. The molecule has 182 valence electrons. The first-order chi connectivity index (χ1) is 16.3. The summed E-state index contributed by atoms with van der Waals surface area (Å²) in [7, 11) is 1.36. The summed E-state index contributed by atoms with van der Waals surface area (Å²) in [5, 5.41) is 10.8. The lowest BCUT2D eigenvalue weighted by Crippen LogP contribution is -2.43. The third-order valence-corrected chi connectivity index (χ3v) is 7.45. The van der Waals surface area contributed by atoms with Crippen molar-refractivity contribution in [2.45, 2.75) is 63.7 Å². The van der Waals surface area contributed by atoms with Gasteiger partial charge in [-0.2, -0.15) is 0 Å². The molecular formula is C27H32ClNO5. The first-order valence-electron chi connectivity index (χ1n) is 11.9.